The summed E-state index contributed by atoms with van der Waals surface area (Å²) in [6.45, 7) is 3.80. The van der Waals surface area contributed by atoms with Crippen molar-refractivity contribution in [3.05, 3.63) is 60.2 Å². The van der Waals surface area contributed by atoms with Gasteiger partial charge in [-0.15, -0.1) is 0 Å². The molecule has 21 heavy (non-hydrogen) atoms. The number of carbonyl (C=O) groups excluding carboxylic acids is 1. The molecule has 0 atom stereocenters. The van der Waals surface area contributed by atoms with Gasteiger partial charge in [0.15, 0.2) is 0 Å². The Morgan fingerprint density at radius 2 is 1.62 bits per heavy atom. The summed E-state index contributed by atoms with van der Waals surface area (Å²) in [6, 6.07) is 18.7. The average Bonchev–Trinajstić information content (AvgIpc) is 2.55. The molecule has 2 aromatic carbocycles. The molecule has 0 fully saturated rings. The first-order valence-corrected chi connectivity index (χ1v) is 7.29. The van der Waals surface area contributed by atoms with Crippen molar-refractivity contribution >= 4 is 5.91 Å². The summed E-state index contributed by atoms with van der Waals surface area (Å²) in [7, 11) is 1.82. The molecule has 110 valence electrons. The van der Waals surface area contributed by atoms with Gasteiger partial charge in [0.1, 0.15) is 0 Å². The van der Waals surface area contributed by atoms with Gasteiger partial charge in [-0.2, -0.15) is 0 Å². The summed E-state index contributed by atoms with van der Waals surface area (Å²) < 4.78 is 0. The molecule has 0 bridgehead atoms. The van der Waals surface area contributed by atoms with Gasteiger partial charge in [-0.1, -0.05) is 54.6 Å². The van der Waals surface area contributed by atoms with E-state index in [4.69, 9.17) is 0 Å². The van der Waals surface area contributed by atoms with Crippen LogP contribution in [0.25, 0.3) is 11.1 Å². The Morgan fingerprint density at radius 3 is 2.24 bits per heavy atom. The molecule has 2 aromatic rings. The molecular weight excluding hydrogens is 260 g/mol. The highest BCUT2D eigenvalue weighted by Gasteiger charge is 2.05. The maximum absolute atomic E-state index is 11.7. The minimum absolute atomic E-state index is 0.124. The van der Waals surface area contributed by atoms with Crippen LogP contribution < -0.4 is 5.32 Å². The summed E-state index contributed by atoms with van der Waals surface area (Å²) >= 11 is 0. The van der Waals surface area contributed by atoms with Gasteiger partial charge < -0.3 is 10.2 Å². The molecule has 0 heterocycles. The molecule has 0 aliphatic carbocycles. The Bertz CT molecular complexity index is 564. The summed E-state index contributed by atoms with van der Waals surface area (Å²) in [5.74, 6) is 0.124. The van der Waals surface area contributed by atoms with E-state index < -0.39 is 0 Å². The molecule has 0 saturated heterocycles. The molecule has 0 spiro atoms. The quantitative estimate of drug-likeness (QED) is 0.883. The Balaban J connectivity index is 1.87. The second-order valence-corrected chi connectivity index (χ2v) is 5.07. The highest BCUT2D eigenvalue weighted by atomic mass is 16.2. The fourth-order valence-corrected chi connectivity index (χ4v) is 2.07. The Labute approximate surface area is 126 Å². The van der Waals surface area contributed by atoms with E-state index in [0.29, 0.717) is 13.1 Å². The van der Waals surface area contributed by atoms with Crippen molar-refractivity contribution < 1.29 is 4.79 Å². The topological polar surface area (TPSA) is 32.3 Å². The number of nitrogens with zero attached hydrogens (tertiary/aromatic N) is 1. The zero-order valence-corrected chi connectivity index (χ0v) is 12.7. The number of hydrogen-bond donors (Lipinski definition) is 1. The van der Waals surface area contributed by atoms with Gasteiger partial charge in [-0.05, 0) is 23.6 Å². The van der Waals surface area contributed by atoms with Gasteiger partial charge >= 0.3 is 0 Å². The fourth-order valence-electron chi connectivity index (χ4n) is 2.07. The van der Waals surface area contributed by atoms with E-state index in [1.807, 2.05) is 32.2 Å². The molecule has 0 aliphatic heterocycles. The Kier molecular flexibility index (Phi) is 5.52. The van der Waals surface area contributed by atoms with Crippen LogP contribution in [0.5, 0.6) is 0 Å². The van der Waals surface area contributed by atoms with Crippen LogP contribution in [0.1, 0.15) is 12.5 Å². The third kappa shape index (κ3) is 4.43. The zero-order chi connectivity index (χ0) is 15.1. The predicted molar refractivity (Wildman–Crippen MR) is 86.9 cm³/mol. The van der Waals surface area contributed by atoms with E-state index in [2.05, 4.69) is 41.7 Å². The second kappa shape index (κ2) is 7.60. The molecule has 1 N–H and O–H groups in total. The van der Waals surface area contributed by atoms with Crippen molar-refractivity contribution in [1.82, 2.24) is 10.2 Å². The van der Waals surface area contributed by atoms with Gasteiger partial charge in [-0.25, -0.2) is 0 Å². The SMILES string of the molecule is CCN(C)C(=O)CNCc1ccc(-c2ccccc2)cc1. The lowest BCUT2D eigenvalue weighted by atomic mass is 10.0. The van der Waals surface area contributed by atoms with Crippen molar-refractivity contribution in [3.8, 4) is 11.1 Å². The highest BCUT2D eigenvalue weighted by Crippen LogP contribution is 2.19. The van der Waals surface area contributed by atoms with E-state index in [1.54, 1.807) is 4.90 Å². The monoisotopic (exact) mass is 282 g/mol. The van der Waals surface area contributed by atoms with Crippen molar-refractivity contribution in [1.29, 1.82) is 0 Å². The van der Waals surface area contributed by atoms with Crippen LogP contribution >= 0.6 is 0 Å². The van der Waals surface area contributed by atoms with Crippen LogP contribution in [-0.2, 0) is 11.3 Å². The van der Waals surface area contributed by atoms with Crippen LogP contribution in [0.4, 0.5) is 0 Å². The molecule has 2 rings (SSSR count). The number of carbonyl (C=O) groups is 1. The summed E-state index contributed by atoms with van der Waals surface area (Å²) in [5.41, 5.74) is 3.61. The van der Waals surface area contributed by atoms with E-state index >= 15 is 0 Å². The highest BCUT2D eigenvalue weighted by molar-refractivity contribution is 5.77. The molecule has 3 nitrogen and oxygen atoms in total. The summed E-state index contributed by atoms with van der Waals surface area (Å²) in [5, 5.41) is 3.18. The van der Waals surface area contributed by atoms with Crippen LogP contribution in [0.3, 0.4) is 0 Å². The lowest BCUT2D eigenvalue weighted by Gasteiger charge is -2.14. The predicted octanol–water partition coefficient (Wildman–Crippen LogP) is 2.92. The van der Waals surface area contributed by atoms with Gasteiger partial charge in [0.25, 0.3) is 0 Å². The van der Waals surface area contributed by atoms with Crippen molar-refractivity contribution in [3.63, 3.8) is 0 Å². The maximum atomic E-state index is 11.7. The van der Waals surface area contributed by atoms with Crippen molar-refractivity contribution in [2.75, 3.05) is 20.1 Å². The van der Waals surface area contributed by atoms with Gasteiger partial charge in [0.2, 0.25) is 5.91 Å². The van der Waals surface area contributed by atoms with Crippen molar-refractivity contribution in [2.45, 2.75) is 13.5 Å². The molecular formula is C18H22N2O. The average molecular weight is 282 g/mol. The molecule has 0 saturated carbocycles. The standard InChI is InChI=1S/C18H22N2O/c1-3-20(2)18(21)14-19-13-15-9-11-17(12-10-15)16-7-5-4-6-8-16/h4-12,19H,3,13-14H2,1-2H3. The molecule has 0 radical (unpaired) electrons. The number of hydrogen-bond acceptors (Lipinski definition) is 2. The normalized spacial score (nSPS) is 10.4. The third-order valence-electron chi connectivity index (χ3n) is 3.57. The number of amides is 1. The lowest BCUT2D eigenvalue weighted by molar-refractivity contribution is -0.128. The van der Waals surface area contributed by atoms with Gasteiger partial charge in [-0.3, -0.25) is 4.79 Å². The number of likely N-dealkylation sites (N-methyl/N-ethyl adjacent to an activating group) is 1. The molecule has 1 amide bonds. The molecule has 0 aromatic heterocycles. The summed E-state index contributed by atoms with van der Waals surface area (Å²) in [6.07, 6.45) is 0. The third-order valence-corrected chi connectivity index (χ3v) is 3.57. The maximum Gasteiger partial charge on any atom is 0.236 e. The zero-order valence-electron chi connectivity index (χ0n) is 12.7. The smallest absolute Gasteiger partial charge is 0.236 e. The Morgan fingerprint density at radius 1 is 1.00 bits per heavy atom. The minimum Gasteiger partial charge on any atom is -0.345 e. The second-order valence-electron chi connectivity index (χ2n) is 5.07. The van der Waals surface area contributed by atoms with Gasteiger partial charge in [0.05, 0.1) is 6.54 Å². The van der Waals surface area contributed by atoms with E-state index in [9.17, 15) is 4.79 Å². The lowest BCUT2D eigenvalue weighted by Crippen LogP contribution is -2.35. The number of nitrogens with one attached hydrogen (secondary N) is 1. The van der Waals surface area contributed by atoms with Crippen LogP contribution in [-0.4, -0.2) is 30.9 Å². The number of rotatable bonds is 6. The number of benzene rings is 2. The molecule has 0 unspecified atom stereocenters. The summed E-state index contributed by atoms with van der Waals surface area (Å²) in [4.78, 5) is 13.4. The van der Waals surface area contributed by atoms with Crippen LogP contribution in [0.15, 0.2) is 54.6 Å². The fraction of sp³-hybridized carbons (Fsp3) is 0.278. The van der Waals surface area contributed by atoms with E-state index in [1.165, 1.54) is 16.7 Å². The minimum atomic E-state index is 0.124. The first-order valence-electron chi connectivity index (χ1n) is 7.29. The largest absolute Gasteiger partial charge is 0.345 e. The van der Waals surface area contributed by atoms with E-state index in [-0.39, 0.29) is 5.91 Å². The first-order chi connectivity index (χ1) is 10.2. The first kappa shape index (κ1) is 15.3. The van der Waals surface area contributed by atoms with Crippen LogP contribution in [0.2, 0.25) is 0 Å². The van der Waals surface area contributed by atoms with Crippen LogP contribution in [0, 0.1) is 0 Å². The molecule has 0 aliphatic rings. The van der Waals surface area contributed by atoms with E-state index in [0.717, 1.165) is 6.54 Å². The van der Waals surface area contributed by atoms with Gasteiger partial charge in [0, 0.05) is 20.1 Å². The molecule has 3 heteroatoms. The Hall–Kier alpha value is -2.13. The van der Waals surface area contributed by atoms with Crippen molar-refractivity contribution in [2.24, 2.45) is 0 Å².